The summed E-state index contributed by atoms with van der Waals surface area (Å²) in [5.74, 6) is 0.551. The molecule has 0 aliphatic heterocycles. The third kappa shape index (κ3) is 4.83. The van der Waals surface area contributed by atoms with Gasteiger partial charge in [-0.3, -0.25) is 9.59 Å². The molecule has 152 valence electrons. The van der Waals surface area contributed by atoms with E-state index in [1.807, 2.05) is 52.0 Å². The molecule has 1 N–H and O–H groups in total. The molecule has 0 spiro atoms. The highest BCUT2D eigenvalue weighted by Crippen LogP contribution is 2.16. The molecule has 0 aliphatic rings. The van der Waals surface area contributed by atoms with Gasteiger partial charge in [0.05, 0.1) is 17.5 Å². The zero-order chi connectivity index (χ0) is 21.0. The van der Waals surface area contributed by atoms with Crippen molar-refractivity contribution in [2.45, 2.75) is 46.3 Å². The normalized spacial score (nSPS) is 11.2. The van der Waals surface area contributed by atoms with Crippen molar-refractivity contribution < 1.29 is 9.53 Å². The third-order valence-corrected chi connectivity index (χ3v) is 4.53. The van der Waals surface area contributed by atoms with E-state index >= 15 is 0 Å². The Bertz CT molecular complexity index is 1050. The second-order valence-corrected chi connectivity index (χ2v) is 7.55. The number of amides is 1. The van der Waals surface area contributed by atoms with Gasteiger partial charge in [0.2, 0.25) is 0 Å². The molecule has 29 heavy (non-hydrogen) atoms. The van der Waals surface area contributed by atoms with Crippen LogP contribution in [0.5, 0.6) is 5.75 Å². The maximum atomic E-state index is 12.8. The lowest BCUT2D eigenvalue weighted by molar-refractivity contribution is 0.0948. The number of nitrogens with zero attached hydrogens (tertiary/aromatic N) is 2. The molecule has 0 bridgehead atoms. The minimum Gasteiger partial charge on any atom is -0.491 e. The van der Waals surface area contributed by atoms with Crippen LogP contribution in [0.4, 0.5) is 0 Å². The van der Waals surface area contributed by atoms with E-state index < -0.39 is 0 Å². The Morgan fingerprint density at radius 2 is 1.69 bits per heavy atom. The van der Waals surface area contributed by atoms with E-state index in [0.29, 0.717) is 23.7 Å². The quantitative estimate of drug-likeness (QED) is 0.664. The lowest BCUT2D eigenvalue weighted by Gasteiger charge is -2.13. The molecule has 0 fully saturated rings. The summed E-state index contributed by atoms with van der Waals surface area (Å²) in [6, 6.07) is 14.8. The summed E-state index contributed by atoms with van der Waals surface area (Å²) in [5, 5.41) is 8.34. The van der Waals surface area contributed by atoms with Gasteiger partial charge in [0.1, 0.15) is 5.75 Å². The van der Waals surface area contributed by atoms with Crippen LogP contribution < -0.4 is 15.6 Å². The maximum absolute atomic E-state index is 12.8. The van der Waals surface area contributed by atoms with Gasteiger partial charge in [-0.25, -0.2) is 4.68 Å². The molecule has 3 rings (SSSR count). The van der Waals surface area contributed by atoms with Crippen molar-refractivity contribution >= 4 is 16.7 Å². The number of carbonyl (C=O) groups is 1. The Morgan fingerprint density at radius 1 is 1.03 bits per heavy atom. The first-order valence-electron chi connectivity index (χ1n) is 9.92. The first-order chi connectivity index (χ1) is 13.9. The molecule has 0 aliphatic carbocycles. The van der Waals surface area contributed by atoms with Crippen LogP contribution >= 0.6 is 0 Å². The smallest absolute Gasteiger partial charge is 0.274 e. The number of benzene rings is 2. The van der Waals surface area contributed by atoms with E-state index in [1.165, 1.54) is 4.68 Å². The fourth-order valence-electron chi connectivity index (χ4n) is 3.14. The fraction of sp³-hybridized carbons (Fsp3) is 0.348. The molecule has 3 aromatic rings. The van der Waals surface area contributed by atoms with Crippen molar-refractivity contribution in [2.75, 3.05) is 6.54 Å². The average molecular weight is 393 g/mol. The third-order valence-electron chi connectivity index (χ3n) is 4.53. The van der Waals surface area contributed by atoms with Gasteiger partial charge in [0, 0.05) is 11.9 Å². The molecular weight excluding hydrogens is 366 g/mol. The number of carbonyl (C=O) groups excluding carboxylic acids is 1. The summed E-state index contributed by atoms with van der Waals surface area (Å²) in [5.41, 5.74) is 1.19. The zero-order valence-electron chi connectivity index (χ0n) is 17.3. The van der Waals surface area contributed by atoms with Gasteiger partial charge >= 0.3 is 0 Å². The van der Waals surface area contributed by atoms with E-state index in [9.17, 15) is 9.59 Å². The van der Waals surface area contributed by atoms with Crippen LogP contribution in [0.3, 0.4) is 0 Å². The molecule has 2 aromatic carbocycles. The number of nitrogens with one attached hydrogen (secondary N) is 1. The monoisotopic (exact) mass is 393 g/mol. The largest absolute Gasteiger partial charge is 0.491 e. The Kier molecular flexibility index (Phi) is 6.32. The number of rotatable bonds is 7. The van der Waals surface area contributed by atoms with Crippen molar-refractivity contribution in [1.29, 1.82) is 0 Å². The minimum atomic E-state index is -0.282. The van der Waals surface area contributed by atoms with Crippen molar-refractivity contribution in [2.24, 2.45) is 0 Å². The number of fused-ring (bicyclic) bond motifs is 1. The fourth-order valence-corrected chi connectivity index (χ4v) is 3.14. The predicted molar refractivity (Wildman–Crippen MR) is 115 cm³/mol. The molecule has 0 unspecified atom stereocenters. The molecule has 0 atom stereocenters. The summed E-state index contributed by atoms with van der Waals surface area (Å²) in [7, 11) is 0. The first kappa shape index (κ1) is 20.6. The summed E-state index contributed by atoms with van der Waals surface area (Å²) in [4.78, 5) is 25.4. The summed E-state index contributed by atoms with van der Waals surface area (Å²) in [6.45, 7) is 8.20. The topological polar surface area (TPSA) is 73.2 Å². The standard InChI is InChI=1S/C23H27N3O3/c1-15(2)26-23(28)20-8-6-5-7-19(20)21(25-26)22(27)24-14-13-17-9-11-18(12-10-17)29-16(3)4/h5-12,15-16H,13-14H2,1-4H3,(H,24,27). The number of aromatic nitrogens is 2. The summed E-state index contributed by atoms with van der Waals surface area (Å²) in [6.07, 6.45) is 0.826. The van der Waals surface area contributed by atoms with Crippen molar-refractivity contribution in [1.82, 2.24) is 15.1 Å². The van der Waals surface area contributed by atoms with Crippen LogP contribution in [0.1, 0.15) is 49.8 Å². The van der Waals surface area contributed by atoms with Crippen LogP contribution in [0, 0.1) is 0 Å². The van der Waals surface area contributed by atoms with E-state index in [1.54, 1.807) is 24.3 Å². The minimum absolute atomic E-state index is 0.134. The van der Waals surface area contributed by atoms with Crippen LogP contribution in [0.15, 0.2) is 53.3 Å². The second-order valence-electron chi connectivity index (χ2n) is 7.55. The maximum Gasteiger partial charge on any atom is 0.274 e. The highest BCUT2D eigenvalue weighted by atomic mass is 16.5. The number of hydrogen-bond donors (Lipinski definition) is 1. The Balaban J connectivity index is 1.73. The van der Waals surface area contributed by atoms with Gasteiger partial charge in [-0.05, 0) is 57.9 Å². The highest BCUT2D eigenvalue weighted by molar-refractivity contribution is 6.04. The van der Waals surface area contributed by atoms with Crippen molar-refractivity contribution in [3.05, 3.63) is 70.1 Å². The number of ether oxygens (including phenoxy) is 1. The lowest BCUT2D eigenvalue weighted by atomic mass is 10.1. The van der Waals surface area contributed by atoms with Gasteiger partial charge in [0.15, 0.2) is 5.69 Å². The van der Waals surface area contributed by atoms with E-state index in [4.69, 9.17) is 4.74 Å². The van der Waals surface area contributed by atoms with Gasteiger partial charge in [-0.1, -0.05) is 30.3 Å². The Labute approximate surface area is 170 Å². The van der Waals surface area contributed by atoms with Crippen LogP contribution in [-0.2, 0) is 6.42 Å². The molecule has 6 nitrogen and oxygen atoms in total. The van der Waals surface area contributed by atoms with Gasteiger partial charge < -0.3 is 10.1 Å². The summed E-state index contributed by atoms with van der Waals surface area (Å²) < 4.78 is 7.01. The van der Waals surface area contributed by atoms with Gasteiger partial charge in [-0.15, -0.1) is 0 Å². The highest BCUT2D eigenvalue weighted by Gasteiger charge is 2.17. The molecule has 1 amide bonds. The SMILES string of the molecule is CC(C)Oc1ccc(CCNC(=O)c2nn(C(C)C)c(=O)c3ccccc23)cc1. The Hall–Kier alpha value is -3.15. The van der Waals surface area contributed by atoms with Crippen LogP contribution in [0.25, 0.3) is 10.8 Å². The van der Waals surface area contributed by atoms with E-state index in [-0.39, 0.29) is 29.3 Å². The zero-order valence-corrected chi connectivity index (χ0v) is 17.3. The number of hydrogen-bond acceptors (Lipinski definition) is 4. The Morgan fingerprint density at radius 3 is 2.31 bits per heavy atom. The molecule has 0 radical (unpaired) electrons. The van der Waals surface area contributed by atoms with E-state index in [0.717, 1.165) is 11.3 Å². The second kappa shape index (κ2) is 8.90. The van der Waals surface area contributed by atoms with Gasteiger partial charge in [0.25, 0.3) is 11.5 Å². The van der Waals surface area contributed by atoms with Crippen LogP contribution in [-0.4, -0.2) is 28.3 Å². The lowest BCUT2D eigenvalue weighted by Crippen LogP contribution is -2.32. The molecule has 1 aromatic heterocycles. The van der Waals surface area contributed by atoms with Crippen molar-refractivity contribution in [3.8, 4) is 5.75 Å². The molecular formula is C23H27N3O3. The molecule has 0 saturated heterocycles. The molecule has 6 heteroatoms. The van der Waals surface area contributed by atoms with E-state index in [2.05, 4.69) is 10.4 Å². The molecule has 1 heterocycles. The van der Waals surface area contributed by atoms with Crippen LogP contribution in [0.2, 0.25) is 0 Å². The van der Waals surface area contributed by atoms with Crippen molar-refractivity contribution in [3.63, 3.8) is 0 Å². The average Bonchev–Trinajstić information content (AvgIpc) is 2.69. The predicted octanol–water partition coefficient (Wildman–Crippen LogP) is 3.74. The first-order valence-corrected chi connectivity index (χ1v) is 9.92. The van der Waals surface area contributed by atoms with Gasteiger partial charge in [-0.2, -0.15) is 5.10 Å². The summed E-state index contributed by atoms with van der Waals surface area (Å²) >= 11 is 0. The molecule has 0 saturated carbocycles.